The van der Waals surface area contributed by atoms with Crippen molar-refractivity contribution < 1.29 is 13.2 Å². The predicted octanol–water partition coefficient (Wildman–Crippen LogP) is 2.02. The number of benzene rings is 1. The Morgan fingerprint density at radius 1 is 1.26 bits per heavy atom. The first kappa shape index (κ1) is 14.5. The number of hydrogen-bond donors (Lipinski definition) is 0. The Kier molecular flexibility index (Phi) is 4.30. The van der Waals surface area contributed by atoms with Crippen LogP contribution >= 0.6 is 15.9 Å². The second kappa shape index (κ2) is 5.63. The Morgan fingerprint density at radius 2 is 2.00 bits per heavy atom. The Bertz CT molecular complexity index is 598. The largest absolute Gasteiger partial charge is 0.338 e. The third-order valence-electron chi connectivity index (χ3n) is 3.34. The Balaban J connectivity index is 2.22. The first-order valence-electron chi connectivity index (χ1n) is 6.15. The summed E-state index contributed by atoms with van der Waals surface area (Å²) in [7, 11) is -2.99. The van der Waals surface area contributed by atoms with Crippen LogP contribution in [0.1, 0.15) is 22.3 Å². The van der Waals surface area contributed by atoms with E-state index in [0.29, 0.717) is 18.5 Å². The van der Waals surface area contributed by atoms with Gasteiger partial charge in [0.15, 0.2) is 9.84 Å². The number of rotatable bonds is 1. The van der Waals surface area contributed by atoms with Crippen LogP contribution in [-0.2, 0) is 9.84 Å². The molecule has 1 aromatic rings. The van der Waals surface area contributed by atoms with Crippen molar-refractivity contribution in [3.8, 4) is 0 Å². The summed E-state index contributed by atoms with van der Waals surface area (Å²) >= 11 is 3.41. The zero-order chi connectivity index (χ0) is 14.0. The van der Waals surface area contributed by atoms with Crippen molar-refractivity contribution in [1.29, 1.82) is 0 Å². The highest BCUT2D eigenvalue weighted by atomic mass is 79.9. The molecule has 0 unspecified atom stereocenters. The molecule has 4 nitrogen and oxygen atoms in total. The highest BCUT2D eigenvalue weighted by Crippen LogP contribution is 2.21. The van der Waals surface area contributed by atoms with Gasteiger partial charge in [0.05, 0.1) is 11.5 Å². The predicted molar refractivity (Wildman–Crippen MR) is 78.1 cm³/mol. The van der Waals surface area contributed by atoms with Crippen molar-refractivity contribution in [2.24, 2.45) is 0 Å². The first-order valence-corrected chi connectivity index (χ1v) is 8.77. The summed E-state index contributed by atoms with van der Waals surface area (Å²) in [6, 6.07) is 5.49. The highest BCUT2D eigenvalue weighted by Gasteiger charge is 2.24. The van der Waals surface area contributed by atoms with E-state index in [1.165, 1.54) is 0 Å². The molecule has 1 saturated heterocycles. The molecular formula is C13H16BrNO3S. The number of halogens is 1. The lowest BCUT2D eigenvalue weighted by molar-refractivity contribution is 0.0767. The smallest absolute Gasteiger partial charge is 0.254 e. The molecule has 1 heterocycles. The Morgan fingerprint density at radius 3 is 2.74 bits per heavy atom. The third kappa shape index (κ3) is 3.36. The summed E-state index contributed by atoms with van der Waals surface area (Å²) in [5, 5.41) is 0. The molecule has 0 bridgehead atoms. The van der Waals surface area contributed by atoms with Crippen LogP contribution in [0, 0.1) is 6.92 Å². The highest BCUT2D eigenvalue weighted by molar-refractivity contribution is 9.10. The van der Waals surface area contributed by atoms with Gasteiger partial charge in [-0.05, 0) is 31.0 Å². The Labute approximate surface area is 121 Å². The van der Waals surface area contributed by atoms with Crippen molar-refractivity contribution in [2.75, 3.05) is 24.6 Å². The van der Waals surface area contributed by atoms with Crippen LogP contribution in [0.15, 0.2) is 22.7 Å². The van der Waals surface area contributed by atoms with Gasteiger partial charge < -0.3 is 4.90 Å². The number of amides is 1. The summed E-state index contributed by atoms with van der Waals surface area (Å²) in [5.74, 6) is 0.149. The van der Waals surface area contributed by atoms with Gasteiger partial charge in [-0.3, -0.25) is 4.79 Å². The average Bonchev–Trinajstić information content (AvgIpc) is 2.53. The van der Waals surface area contributed by atoms with Crippen molar-refractivity contribution in [3.63, 3.8) is 0 Å². The van der Waals surface area contributed by atoms with Crippen LogP contribution in [0.5, 0.6) is 0 Å². The van der Waals surface area contributed by atoms with Gasteiger partial charge in [-0.2, -0.15) is 0 Å². The van der Waals surface area contributed by atoms with Crippen LogP contribution in [-0.4, -0.2) is 43.8 Å². The second-order valence-electron chi connectivity index (χ2n) is 4.71. The van der Waals surface area contributed by atoms with E-state index in [-0.39, 0.29) is 24.0 Å². The van der Waals surface area contributed by atoms with Crippen LogP contribution in [0.25, 0.3) is 0 Å². The van der Waals surface area contributed by atoms with Gasteiger partial charge >= 0.3 is 0 Å². The minimum absolute atomic E-state index is 0.0613. The quantitative estimate of drug-likeness (QED) is 0.782. The molecule has 0 atom stereocenters. The van der Waals surface area contributed by atoms with E-state index < -0.39 is 9.84 Å². The maximum atomic E-state index is 12.4. The van der Waals surface area contributed by atoms with Crippen molar-refractivity contribution >= 4 is 31.7 Å². The molecule has 19 heavy (non-hydrogen) atoms. The molecule has 0 spiro atoms. The maximum absolute atomic E-state index is 12.4. The fraction of sp³-hybridized carbons (Fsp3) is 0.462. The minimum Gasteiger partial charge on any atom is -0.338 e. The molecule has 1 fully saturated rings. The van der Waals surface area contributed by atoms with Crippen molar-refractivity contribution in [1.82, 2.24) is 4.90 Å². The van der Waals surface area contributed by atoms with E-state index in [4.69, 9.17) is 0 Å². The van der Waals surface area contributed by atoms with Crippen LogP contribution in [0.4, 0.5) is 0 Å². The first-order chi connectivity index (χ1) is 8.91. The normalized spacial score (nSPS) is 18.9. The van der Waals surface area contributed by atoms with Gasteiger partial charge in [-0.15, -0.1) is 0 Å². The number of hydrogen-bond acceptors (Lipinski definition) is 3. The molecule has 1 aliphatic rings. The van der Waals surface area contributed by atoms with Gasteiger partial charge in [-0.25, -0.2) is 8.42 Å². The second-order valence-corrected chi connectivity index (χ2v) is 7.87. The number of carbonyl (C=O) groups is 1. The topological polar surface area (TPSA) is 54.5 Å². The van der Waals surface area contributed by atoms with Crippen LogP contribution < -0.4 is 0 Å². The monoisotopic (exact) mass is 345 g/mol. The molecule has 1 amide bonds. The van der Waals surface area contributed by atoms with Crippen molar-refractivity contribution in [3.05, 3.63) is 33.8 Å². The third-order valence-corrected chi connectivity index (χ3v) is 5.92. The van der Waals surface area contributed by atoms with E-state index in [2.05, 4.69) is 15.9 Å². The molecule has 1 aliphatic heterocycles. The van der Waals surface area contributed by atoms with Gasteiger partial charge in [0.25, 0.3) is 5.91 Å². The van der Waals surface area contributed by atoms with Gasteiger partial charge in [0.1, 0.15) is 0 Å². The zero-order valence-electron chi connectivity index (χ0n) is 10.7. The molecule has 0 N–H and O–H groups in total. The average molecular weight is 346 g/mol. The van der Waals surface area contributed by atoms with Gasteiger partial charge in [-0.1, -0.05) is 22.0 Å². The van der Waals surface area contributed by atoms with Crippen LogP contribution in [0.2, 0.25) is 0 Å². The van der Waals surface area contributed by atoms with Crippen molar-refractivity contribution in [2.45, 2.75) is 13.3 Å². The fourth-order valence-electron chi connectivity index (χ4n) is 2.15. The molecule has 0 aromatic heterocycles. The molecule has 0 radical (unpaired) electrons. The molecule has 2 rings (SSSR count). The molecule has 6 heteroatoms. The molecule has 0 saturated carbocycles. The lowest BCUT2D eigenvalue weighted by Crippen LogP contribution is -2.34. The molecule has 0 aliphatic carbocycles. The van der Waals surface area contributed by atoms with E-state index in [1.807, 2.05) is 19.1 Å². The van der Waals surface area contributed by atoms with E-state index >= 15 is 0 Å². The molecule has 104 valence electrons. The summed E-state index contributed by atoms with van der Waals surface area (Å²) in [6.45, 7) is 2.67. The summed E-state index contributed by atoms with van der Waals surface area (Å²) < 4.78 is 24.0. The number of carbonyl (C=O) groups excluding carboxylic acids is 1. The molecule has 1 aromatic carbocycles. The SMILES string of the molecule is Cc1c(Br)cccc1C(=O)N1CCCS(=O)(=O)CC1. The fourth-order valence-corrected chi connectivity index (χ4v) is 3.79. The lowest BCUT2D eigenvalue weighted by atomic mass is 10.1. The summed E-state index contributed by atoms with van der Waals surface area (Å²) in [4.78, 5) is 14.1. The van der Waals surface area contributed by atoms with Gasteiger partial charge in [0.2, 0.25) is 0 Å². The maximum Gasteiger partial charge on any atom is 0.254 e. The Hall–Kier alpha value is -0.880. The summed E-state index contributed by atoms with van der Waals surface area (Å²) in [5.41, 5.74) is 1.52. The van der Waals surface area contributed by atoms with E-state index in [0.717, 1.165) is 10.0 Å². The number of nitrogens with zero attached hydrogens (tertiary/aromatic N) is 1. The lowest BCUT2D eigenvalue weighted by Gasteiger charge is -2.21. The van der Waals surface area contributed by atoms with Gasteiger partial charge in [0, 0.05) is 23.1 Å². The minimum atomic E-state index is -2.99. The van der Waals surface area contributed by atoms with Crippen LogP contribution in [0.3, 0.4) is 0 Å². The standard InChI is InChI=1S/C13H16BrNO3S/c1-10-11(4-2-5-12(10)14)13(16)15-6-3-8-19(17,18)9-7-15/h2,4-5H,3,6-9H2,1H3. The summed E-state index contributed by atoms with van der Waals surface area (Å²) in [6.07, 6.45) is 0.515. The van der Waals surface area contributed by atoms with E-state index in [1.54, 1.807) is 11.0 Å². The molecular weight excluding hydrogens is 330 g/mol. The van der Waals surface area contributed by atoms with E-state index in [9.17, 15) is 13.2 Å². The number of sulfone groups is 1. The zero-order valence-corrected chi connectivity index (χ0v) is 13.1.